The van der Waals surface area contributed by atoms with Crippen LogP contribution in [0.1, 0.15) is 16.8 Å². The third-order valence-electron chi connectivity index (χ3n) is 3.32. The Labute approximate surface area is 132 Å². The molecular formula is C15H18F3N5. The lowest BCUT2D eigenvalue weighted by Crippen LogP contribution is -2.36. The van der Waals surface area contributed by atoms with Crippen molar-refractivity contribution in [2.24, 2.45) is 12.0 Å². The van der Waals surface area contributed by atoms with E-state index in [4.69, 9.17) is 0 Å². The number of benzene rings is 1. The molecule has 124 valence electrons. The van der Waals surface area contributed by atoms with Crippen LogP contribution in [0.15, 0.2) is 41.5 Å². The third-order valence-corrected chi connectivity index (χ3v) is 3.32. The largest absolute Gasteiger partial charge is 0.416 e. The molecule has 2 rings (SSSR count). The third kappa shape index (κ3) is 4.73. The van der Waals surface area contributed by atoms with Crippen molar-refractivity contribution >= 4 is 5.96 Å². The maximum absolute atomic E-state index is 12.5. The number of hydrogen-bond donors (Lipinski definition) is 2. The molecule has 0 atom stereocenters. The second kappa shape index (κ2) is 7.17. The number of guanidine groups is 1. The van der Waals surface area contributed by atoms with E-state index in [1.807, 2.05) is 13.1 Å². The van der Waals surface area contributed by atoms with E-state index in [1.54, 1.807) is 17.9 Å². The fraction of sp³-hybridized carbons (Fsp3) is 0.333. The first-order valence-electron chi connectivity index (χ1n) is 6.97. The Bertz CT molecular complexity index is 658. The summed E-state index contributed by atoms with van der Waals surface area (Å²) in [4.78, 5) is 4.07. The molecular weight excluding hydrogens is 307 g/mol. The predicted octanol–water partition coefficient (Wildman–Crippen LogP) is 2.30. The number of rotatable bonds is 4. The van der Waals surface area contributed by atoms with Crippen molar-refractivity contribution in [2.75, 3.05) is 7.05 Å². The maximum atomic E-state index is 12.5. The summed E-state index contributed by atoms with van der Waals surface area (Å²) in [6.45, 7) is 0.923. The van der Waals surface area contributed by atoms with Crippen molar-refractivity contribution in [2.45, 2.75) is 19.3 Å². The predicted molar refractivity (Wildman–Crippen MR) is 81.7 cm³/mol. The van der Waals surface area contributed by atoms with Crippen molar-refractivity contribution in [1.29, 1.82) is 0 Å². The summed E-state index contributed by atoms with van der Waals surface area (Å²) < 4.78 is 39.3. The first-order chi connectivity index (χ1) is 10.9. The normalized spacial score (nSPS) is 12.3. The lowest BCUT2D eigenvalue weighted by molar-refractivity contribution is -0.137. The van der Waals surface area contributed by atoms with Crippen LogP contribution in [0.25, 0.3) is 0 Å². The van der Waals surface area contributed by atoms with Gasteiger partial charge in [-0.3, -0.25) is 9.67 Å². The van der Waals surface area contributed by atoms with Gasteiger partial charge in [-0.15, -0.1) is 0 Å². The van der Waals surface area contributed by atoms with Gasteiger partial charge in [0.1, 0.15) is 0 Å². The maximum Gasteiger partial charge on any atom is 0.416 e. The molecule has 0 saturated heterocycles. The second-order valence-corrected chi connectivity index (χ2v) is 4.92. The lowest BCUT2D eigenvalue weighted by Gasteiger charge is -2.12. The summed E-state index contributed by atoms with van der Waals surface area (Å²) in [6.07, 6.45) is -2.61. The second-order valence-electron chi connectivity index (χ2n) is 4.92. The van der Waals surface area contributed by atoms with Gasteiger partial charge in [-0.1, -0.05) is 12.1 Å². The topological polar surface area (TPSA) is 54.2 Å². The quantitative estimate of drug-likeness (QED) is 0.670. The Hall–Kier alpha value is -2.51. The molecule has 1 aromatic carbocycles. The van der Waals surface area contributed by atoms with E-state index < -0.39 is 11.7 Å². The molecule has 1 heterocycles. The molecule has 0 fully saturated rings. The van der Waals surface area contributed by atoms with Gasteiger partial charge < -0.3 is 10.6 Å². The molecule has 8 heteroatoms. The number of nitrogens with zero attached hydrogens (tertiary/aromatic N) is 3. The Morgan fingerprint density at radius 3 is 2.30 bits per heavy atom. The highest BCUT2D eigenvalue weighted by Gasteiger charge is 2.29. The van der Waals surface area contributed by atoms with Crippen molar-refractivity contribution in [3.05, 3.63) is 53.3 Å². The van der Waals surface area contributed by atoms with Crippen LogP contribution in [0.5, 0.6) is 0 Å². The molecule has 0 unspecified atom stereocenters. The van der Waals surface area contributed by atoms with Crippen LogP contribution >= 0.6 is 0 Å². The highest BCUT2D eigenvalue weighted by molar-refractivity contribution is 5.79. The molecule has 0 saturated carbocycles. The Kier molecular flexibility index (Phi) is 5.25. The summed E-state index contributed by atoms with van der Waals surface area (Å²) in [5, 5.41) is 10.2. The van der Waals surface area contributed by atoms with Crippen molar-refractivity contribution in [1.82, 2.24) is 20.4 Å². The minimum atomic E-state index is -4.31. The summed E-state index contributed by atoms with van der Waals surface area (Å²) in [7, 11) is 3.47. The Morgan fingerprint density at radius 1 is 1.13 bits per heavy atom. The van der Waals surface area contributed by atoms with E-state index in [-0.39, 0.29) is 0 Å². The van der Waals surface area contributed by atoms with Gasteiger partial charge in [0.05, 0.1) is 17.8 Å². The van der Waals surface area contributed by atoms with Gasteiger partial charge in [0, 0.05) is 26.8 Å². The molecule has 1 aromatic heterocycles. The number of halogens is 3. The van der Waals surface area contributed by atoms with E-state index in [1.165, 1.54) is 12.1 Å². The van der Waals surface area contributed by atoms with E-state index in [0.717, 1.165) is 23.4 Å². The molecule has 0 aliphatic heterocycles. The van der Waals surface area contributed by atoms with E-state index in [0.29, 0.717) is 19.0 Å². The summed E-state index contributed by atoms with van der Waals surface area (Å²) in [6, 6.07) is 6.93. The van der Waals surface area contributed by atoms with Crippen LogP contribution in [-0.4, -0.2) is 22.8 Å². The number of nitrogens with one attached hydrogen (secondary N) is 2. The minimum absolute atomic E-state index is 0.378. The molecule has 0 bridgehead atoms. The van der Waals surface area contributed by atoms with Crippen LogP contribution in [0.2, 0.25) is 0 Å². The zero-order chi connectivity index (χ0) is 16.9. The first kappa shape index (κ1) is 16.9. The summed E-state index contributed by atoms with van der Waals surface area (Å²) >= 11 is 0. The molecule has 23 heavy (non-hydrogen) atoms. The van der Waals surface area contributed by atoms with Gasteiger partial charge in [0.25, 0.3) is 0 Å². The smallest absolute Gasteiger partial charge is 0.352 e. The van der Waals surface area contributed by atoms with Crippen molar-refractivity contribution < 1.29 is 13.2 Å². The molecule has 5 nitrogen and oxygen atoms in total. The minimum Gasteiger partial charge on any atom is -0.352 e. The van der Waals surface area contributed by atoms with Crippen LogP contribution in [0.4, 0.5) is 13.2 Å². The van der Waals surface area contributed by atoms with Gasteiger partial charge in [0.15, 0.2) is 5.96 Å². The van der Waals surface area contributed by atoms with Gasteiger partial charge >= 0.3 is 6.18 Å². The molecule has 2 N–H and O–H groups in total. The van der Waals surface area contributed by atoms with Gasteiger partial charge in [-0.05, 0) is 23.8 Å². The van der Waals surface area contributed by atoms with Crippen LogP contribution in [-0.2, 0) is 26.3 Å². The standard InChI is InChI=1S/C15H18F3N5/c1-19-14(21-10-13-7-8-22-23(13)2)20-9-11-3-5-12(6-4-11)15(16,17)18/h3-8H,9-10H2,1-2H3,(H2,19,20,21). The summed E-state index contributed by atoms with van der Waals surface area (Å²) in [5.41, 5.74) is 1.07. The van der Waals surface area contributed by atoms with Crippen LogP contribution in [0.3, 0.4) is 0 Å². The van der Waals surface area contributed by atoms with Gasteiger partial charge in [0.2, 0.25) is 0 Å². The monoisotopic (exact) mass is 325 g/mol. The van der Waals surface area contributed by atoms with Crippen molar-refractivity contribution in [3.8, 4) is 0 Å². The fourth-order valence-corrected chi connectivity index (χ4v) is 1.97. The van der Waals surface area contributed by atoms with Crippen molar-refractivity contribution in [3.63, 3.8) is 0 Å². The fourth-order valence-electron chi connectivity index (χ4n) is 1.97. The molecule has 2 aromatic rings. The highest BCUT2D eigenvalue weighted by Crippen LogP contribution is 2.28. The van der Waals surface area contributed by atoms with Crippen LogP contribution < -0.4 is 10.6 Å². The van der Waals surface area contributed by atoms with Gasteiger partial charge in [-0.25, -0.2) is 0 Å². The first-order valence-corrected chi connectivity index (χ1v) is 6.97. The molecule has 0 radical (unpaired) electrons. The number of aromatic nitrogens is 2. The SMILES string of the molecule is CN=C(NCc1ccc(C(F)(F)F)cc1)NCc1ccnn1C. The zero-order valence-corrected chi connectivity index (χ0v) is 12.9. The molecule has 0 spiro atoms. The Morgan fingerprint density at radius 2 is 1.78 bits per heavy atom. The van der Waals surface area contributed by atoms with Gasteiger partial charge in [-0.2, -0.15) is 18.3 Å². The number of alkyl halides is 3. The van der Waals surface area contributed by atoms with E-state index in [2.05, 4.69) is 20.7 Å². The average molecular weight is 325 g/mol. The average Bonchev–Trinajstić information content (AvgIpc) is 2.92. The van der Waals surface area contributed by atoms with E-state index >= 15 is 0 Å². The zero-order valence-electron chi connectivity index (χ0n) is 12.9. The number of aryl methyl sites for hydroxylation is 1. The number of hydrogen-bond acceptors (Lipinski definition) is 2. The number of aliphatic imine (C=N–C) groups is 1. The van der Waals surface area contributed by atoms with E-state index in [9.17, 15) is 13.2 Å². The highest BCUT2D eigenvalue weighted by atomic mass is 19.4. The molecule has 0 amide bonds. The Balaban J connectivity index is 1.87. The lowest BCUT2D eigenvalue weighted by atomic mass is 10.1. The molecule has 0 aliphatic carbocycles. The van der Waals surface area contributed by atoms with Crippen LogP contribution in [0, 0.1) is 0 Å². The molecule has 0 aliphatic rings. The summed E-state index contributed by atoms with van der Waals surface area (Å²) in [5.74, 6) is 0.561.